The maximum Gasteiger partial charge on any atom is 0.313 e. The van der Waals surface area contributed by atoms with Crippen molar-refractivity contribution in [2.75, 3.05) is 5.32 Å². The van der Waals surface area contributed by atoms with Crippen molar-refractivity contribution in [3.63, 3.8) is 0 Å². The number of carboxylic acid groups (broad SMARTS) is 1. The summed E-state index contributed by atoms with van der Waals surface area (Å²) in [5.41, 5.74) is 1.05. The molecular formula is C16H18ClN3O3. The number of hydrogen-bond acceptors (Lipinski definition) is 3. The summed E-state index contributed by atoms with van der Waals surface area (Å²) in [6, 6.07) is 6.66. The average Bonchev–Trinajstić information content (AvgIpc) is 2.75. The molecule has 23 heavy (non-hydrogen) atoms. The number of anilines is 1. The molecule has 0 saturated carbocycles. The van der Waals surface area contributed by atoms with Gasteiger partial charge in [0.25, 0.3) is 5.91 Å². The van der Waals surface area contributed by atoms with E-state index in [1.165, 1.54) is 4.68 Å². The summed E-state index contributed by atoms with van der Waals surface area (Å²) < 4.78 is 1.54. The van der Waals surface area contributed by atoms with Crippen LogP contribution in [0.5, 0.6) is 0 Å². The molecule has 122 valence electrons. The van der Waals surface area contributed by atoms with Crippen molar-refractivity contribution >= 4 is 29.2 Å². The van der Waals surface area contributed by atoms with Crippen LogP contribution in [0.3, 0.4) is 0 Å². The Kier molecular flexibility index (Phi) is 4.47. The van der Waals surface area contributed by atoms with E-state index in [1.54, 1.807) is 52.1 Å². The number of aliphatic carboxylic acids is 1. The molecule has 0 saturated heterocycles. The minimum Gasteiger partial charge on any atom is -0.481 e. The van der Waals surface area contributed by atoms with Gasteiger partial charge < -0.3 is 10.4 Å². The molecule has 0 aliphatic rings. The fourth-order valence-electron chi connectivity index (χ4n) is 2.01. The molecular weight excluding hydrogens is 318 g/mol. The highest BCUT2D eigenvalue weighted by Gasteiger charge is 2.29. The van der Waals surface area contributed by atoms with E-state index in [-0.39, 0.29) is 5.69 Å². The van der Waals surface area contributed by atoms with E-state index in [1.807, 2.05) is 0 Å². The predicted molar refractivity (Wildman–Crippen MR) is 88.0 cm³/mol. The van der Waals surface area contributed by atoms with Gasteiger partial charge >= 0.3 is 5.97 Å². The number of benzene rings is 1. The van der Waals surface area contributed by atoms with E-state index in [0.29, 0.717) is 22.0 Å². The smallest absolute Gasteiger partial charge is 0.313 e. The summed E-state index contributed by atoms with van der Waals surface area (Å²) in [5, 5.41) is 16.3. The van der Waals surface area contributed by atoms with Crippen LogP contribution < -0.4 is 5.32 Å². The first-order chi connectivity index (χ1) is 10.6. The Morgan fingerprint density at radius 1 is 1.26 bits per heavy atom. The first kappa shape index (κ1) is 17.0. The van der Waals surface area contributed by atoms with E-state index in [0.717, 1.165) is 0 Å². The highest BCUT2D eigenvalue weighted by Crippen LogP contribution is 2.25. The SMILES string of the molecule is Cc1c(Cl)c(C(=O)Nc2ccc(C(C)(C)C(=O)O)cc2)nn1C. The van der Waals surface area contributed by atoms with Gasteiger partial charge in [0.2, 0.25) is 0 Å². The Labute approximate surface area is 139 Å². The van der Waals surface area contributed by atoms with Crippen molar-refractivity contribution in [1.82, 2.24) is 9.78 Å². The van der Waals surface area contributed by atoms with Crippen LogP contribution >= 0.6 is 11.6 Å². The van der Waals surface area contributed by atoms with Gasteiger partial charge in [-0.2, -0.15) is 5.10 Å². The van der Waals surface area contributed by atoms with Crippen LogP contribution in [0.2, 0.25) is 5.02 Å². The Morgan fingerprint density at radius 3 is 2.26 bits per heavy atom. The van der Waals surface area contributed by atoms with Gasteiger partial charge in [-0.3, -0.25) is 14.3 Å². The molecule has 6 nitrogen and oxygen atoms in total. The third-order valence-electron chi connectivity index (χ3n) is 3.88. The lowest BCUT2D eigenvalue weighted by Crippen LogP contribution is -2.28. The second-order valence-corrected chi connectivity index (χ2v) is 6.21. The molecule has 1 aromatic heterocycles. The van der Waals surface area contributed by atoms with Gasteiger partial charge in [-0.05, 0) is 38.5 Å². The van der Waals surface area contributed by atoms with Gasteiger partial charge in [0.05, 0.1) is 16.1 Å². The number of carbonyl (C=O) groups excluding carboxylic acids is 1. The van der Waals surface area contributed by atoms with Gasteiger partial charge in [-0.15, -0.1) is 0 Å². The second-order valence-electron chi connectivity index (χ2n) is 5.83. The summed E-state index contributed by atoms with van der Waals surface area (Å²) in [7, 11) is 1.71. The first-order valence-electron chi connectivity index (χ1n) is 6.99. The number of hydrogen-bond donors (Lipinski definition) is 2. The van der Waals surface area contributed by atoms with Crippen molar-refractivity contribution in [3.8, 4) is 0 Å². The van der Waals surface area contributed by atoms with Crippen LogP contribution in [0.4, 0.5) is 5.69 Å². The zero-order valence-electron chi connectivity index (χ0n) is 13.3. The molecule has 2 rings (SSSR count). The Balaban J connectivity index is 2.20. The maximum atomic E-state index is 12.2. The molecule has 0 fully saturated rings. The molecule has 7 heteroatoms. The van der Waals surface area contributed by atoms with Gasteiger partial charge in [0.15, 0.2) is 5.69 Å². The van der Waals surface area contributed by atoms with E-state index < -0.39 is 17.3 Å². The Bertz CT molecular complexity index is 764. The molecule has 0 aliphatic carbocycles. The number of nitrogens with one attached hydrogen (secondary N) is 1. The van der Waals surface area contributed by atoms with Crippen LogP contribution in [0, 0.1) is 6.92 Å². The molecule has 2 aromatic rings. The maximum absolute atomic E-state index is 12.2. The van der Waals surface area contributed by atoms with Gasteiger partial charge in [-0.1, -0.05) is 23.7 Å². The number of rotatable bonds is 4. The number of amides is 1. The Hall–Kier alpha value is -2.34. The number of halogens is 1. The normalized spacial score (nSPS) is 11.3. The molecule has 0 radical (unpaired) electrons. The van der Waals surface area contributed by atoms with E-state index >= 15 is 0 Å². The number of aryl methyl sites for hydroxylation is 1. The van der Waals surface area contributed by atoms with E-state index in [9.17, 15) is 14.7 Å². The zero-order chi connectivity index (χ0) is 17.4. The standard InChI is InChI=1S/C16H18ClN3O3/c1-9-12(17)13(19-20(9)4)14(21)18-11-7-5-10(6-8-11)16(2,3)15(22)23/h5-8H,1-4H3,(H,18,21)(H,22,23). The third-order valence-corrected chi connectivity index (χ3v) is 4.33. The third kappa shape index (κ3) is 3.22. The molecule has 0 spiro atoms. The van der Waals surface area contributed by atoms with Gasteiger partial charge in [-0.25, -0.2) is 0 Å². The molecule has 1 amide bonds. The fraction of sp³-hybridized carbons (Fsp3) is 0.312. The molecule has 1 aromatic carbocycles. The largest absolute Gasteiger partial charge is 0.481 e. The average molecular weight is 336 g/mol. The van der Waals surface area contributed by atoms with Crippen LogP contribution in [0.1, 0.15) is 35.6 Å². The molecule has 0 bridgehead atoms. The number of nitrogens with zero attached hydrogens (tertiary/aromatic N) is 2. The fourth-order valence-corrected chi connectivity index (χ4v) is 2.26. The second kappa shape index (κ2) is 6.04. The van der Waals surface area contributed by atoms with Crippen LogP contribution in [-0.4, -0.2) is 26.8 Å². The molecule has 0 atom stereocenters. The van der Waals surface area contributed by atoms with E-state index in [2.05, 4.69) is 10.4 Å². The summed E-state index contributed by atoms with van der Waals surface area (Å²) in [6.07, 6.45) is 0. The molecule has 2 N–H and O–H groups in total. The summed E-state index contributed by atoms with van der Waals surface area (Å²) in [5.74, 6) is -1.33. The van der Waals surface area contributed by atoms with Crippen molar-refractivity contribution in [1.29, 1.82) is 0 Å². The lowest BCUT2D eigenvalue weighted by atomic mass is 9.85. The minimum absolute atomic E-state index is 0.154. The number of carbonyl (C=O) groups is 2. The van der Waals surface area contributed by atoms with Crippen LogP contribution in [-0.2, 0) is 17.3 Å². The lowest BCUT2D eigenvalue weighted by Gasteiger charge is -2.19. The predicted octanol–water partition coefficient (Wildman–Crippen LogP) is 3.00. The van der Waals surface area contributed by atoms with Crippen molar-refractivity contribution < 1.29 is 14.7 Å². The summed E-state index contributed by atoms with van der Waals surface area (Å²) in [4.78, 5) is 23.5. The number of carboxylic acids is 1. The monoisotopic (exact) mass is 335 g/mol. The minimum atomic E-state index is -0.996. The van der Waals surface area contributed by atoms with Crippen LogP contribution in [0.15, 0.2) is 24.3 Å². The number of aromatic nitrogens is 2. The first-order valence-corrected chi connectivity index (χ1v) is 7.36. The topological polar surface area (TPSA) is 84.2 Å². The van der Waals surface area contributed by atoms with Gasteiger partial charge in [0, 0.05) is 12.7 Å². The molecule has 0 aliphatic heterocycles. The Morgan fingerprint density at radius 2 is 1.83 bits per heavy atom. The summed E-state index contributed by atoms with van der Waals surface area (Å²) in [6.45, 7) is 5.02. The highest BCUT2D eigenvalue weighted by molar-refractivity contribution is 6.34. The van der Waals surface area contributed by atoms with Crippen molar-refractivity contribution in [2.45, 2.75) is 26.2 Å². The lowest BCUT2D eigenvalue weighted by molar-refractivity contribution is -0.142. The van der Waals surface area contributed by atoms with E-state index in [4.69, 9.17) is 11.6 Å². The quantitative estimate of drug-likeness (QED) is 0.899. The molecule has 0 unspecified atom stereocenters. The summed E-state index contributed by atoms with van der Waals surface area (Å²) >= 11 is 6.09. The molecule has 1 heterocycles. The van der Waals surface area contributed by atoms with Crippen molar-refractivity contribution in [2.24, 2.45) is 7.05 Å². The zero-order valence-corrected chi connectivity index (χ0v) is 14.1. The van der Waals surface area contributed by atoms with Crippen LogP contribution in [0.25, 0.3) is 0 Å². The van der Waals surface area contributed by atoms with Crippen molar-refractivity contribution in [3.05, 3.63) is 46.2 Å². The van der Waals surface area contributed by atoms with Gasteiger partial charge in [0.1, 0.15) is 0 Å². The highest BCUT2D eigenvalue weighted by atomic mass is 35.5.